The minimum Gasteiger partial charge on any atom is -0.308 e. The molecule has 0 spiro atoms. The Morgan fingerprint density at radius 2 is 2.21 bits per heavy atom. The van der Waals surface area contributed by atoms with Gasteiger partial charge in [-0.05, 0) is 36.6 Å². The molecule has 1 aromatic heterocycles. The molecule has 2 aromatic rings. The minimum absolute atomic E-state index is 0.708. The van der Waals surface area contributed by atoms with E-state index in [2.05, 4.69) is 32.4 Å². The van der Waals surface area contributed by atoms with Crippen LogP contribution in [-0.4, -0.2) is 15.8 Å². The molecule has 1 aliphatic rings. The third kappa shape index (κ3) is 3.38. The second-order valence-corrected chi connectivity index (χ2v) is 6.19. The maximum Gasteiger partial charge on any atom is 0.0677 e. The van der Waals surface area contributed by atoms with Gasteiger partial charge in [-0.2, -0.15) is 5.10 Å². The first-order valence-electron chi connectivity index (χ1n) is 6.40. The largest absolute Gasteiger partial charge is 0.308 e. The minimum atomic E-state index is 0.708. The van der Waals surface area contributed by atoms with Gasteiger partial charge in [-0.3, -0.25) is 4.68 Å². The molecule has 1 saturated carbocycles. The van der Waals surface area contributed by atoms with Crippen molar-refractivity contribution < 1.29 is 0 Å². The van der Waals surface area contributed by atoms with Gasteiger partial charge < -0.3 is 5.32 Å². The third-order valence-corrected chi connectivity index (χ3v) is 4.13. The van der Waals surface area contributed by atoms with Gasteiger partial charge in [-0.25, -0.2) is 0 Å². The molecular formula is C14H15BrClN3. The molecule has 1 aliphatic carbocycles. The summed E-state index contributed by atoms with van der Waals surface area (Å²) in [7, 11) is 0. The fourth-order valence-electron chi connectivity index (χ4n) is 2.00. The predicted octanol–water partition coefficient (Wildman–Crippen LogP) is 3.60. The molecular weight excluding hydrogens is 326 g/mol. The number of nitrogens with zero attached hydrogens (tertiary/aromatic N) is 2. The monoisotopic (exact) mass is 339 g/mol. The second kappa shape index (κ2) is 5.65. The van der Waals surface area contributed by atoms with E-state index in [0.717, 1.165) is 21.6 Å². The molecule has 1 aromatic carbocycles. The van der Waals surface area contributed by atoms with Crippen LogP contribution in [0.4, 0.5) is 0 Å². The number of hydrogen-bond donors (Lipinski definition) is 1. The average molecular weight is 341 g/mol. The van der Waals surface area contributed by atoms with E-state index in [-0.39, 0.29) is 0 Å². The zero-order chi connectivity index (χ0) is 13.2. The molecule has 0 saturated heterocycles. The average Bonchev–Trinajstić information content (AvgIpc) is 3.11. The van der Waals surface area contributed by atoms with Crippen LogP contribution in [0.3, 0.4) is 0 Å². The van der Waals surface area contributed by atoms with Gasteiger partial charge in [0.25, 0.3) is 0 Å². The molecule has 1 fully saturated rings. The van der Waals surface area contributed by atoms with Crippen molar-refractivity contribution in [2.24, 2.45) is 0 Å². The molecule has 0 aliphatic heterocycles. The van der Waals surface area contributed by atoms with Gasteiger partial charge in [0.1, 0.15) is 0 Å². The third-order valence-electron chi connectivity index (χ3n) is 3.29. The van der Waals surface area contributed by atoms with Crippen molar-refractivity contribution >= 4 is 27.5 Å². The molecule has 3 nitrogen and oxygen atoms in total. The highest BCUT2D eigenvalue weighted by Crippen LogP contribution is 2.23. The standard InChI is InChI=1S/C14H15BrClN3/c15-11-2-1-10(14(16)7-11)9-19-13(5-6-18-19)8-17-12-3-4-12/h1-2,5-7,12,17H,3-4,8-9H2. The summed E-state index contributed by atoms with van der Waals surface area (Å²) in [4.78, 5) is 0. The Kier molecular flexibility index (Phi) is 3.91. The molecule has 0 bridgehead atoms. The van der Waals surface area contributed by atoms with E-state index in [1.54, 1.807) is 0 Å². The topological polar surface area (TPSA) is 29.9 Å². The van der Waals surface area contributed by atoms with E-state index in [1.807, 2.05) is 29.1 Å². The Balaban J connectivity index is 1.73. The van der Waals surface area contributed by atoms with Crippen LogP contribution in [0.1, 0.15) is 24.1 Å². The highest BCUT2D eigenvalue weighted by atomic mass is 79.9. The van der Waals surface area contributed by atoms with Crippen LogP contribution in [0.2, 0.25) is 5.02 Å². The highest BCUT2D eigenvalue weighted by Gasteiger charge is 2.20. The first kappa shape index (κ1) is 13.2. The van der Waals surface area contributed by atoms with Crippen molar-refractivity contribution in [2.75, 3.05) is 0 Å². The first-order chi connectivity index (χ1) is 9.22. The van der Waals surface area contributed by atoms with Crippen LogP contribution < -0.4 is 5.32 Å². The summed E-state index contributed by atoms with van der Waals surface area (Å²) in [5, 5.41) is 8.66. The van der Waals surface area contributed by atoms with Gasteiger partial charge in [0, 0.05) is 28.3 Å². The smallest absolute Gasteiger partial charge is 0.0677 e. The van der Waals surface area contributed by atoms with Gasteiger partial charge >= 0.3 is 0 Å². The Bertz CT molecular complexity index is 578. The van der Waals surface area contributed by atoms with E-state index >= 15 is 0 Å². The zero-order valence-electron chi connectivity index (χ0n) is 10.4. The number of halogens is 2. The Morgan fingerprint density at radius 3 is 2.95 bits per heavy atom. The fraction of sp³-hybridized carbons (Fsp3) is 0.357. The summed E-state index contributed by atoms with van der Waals surface area (Å²) in [6, 6.07) is 8.73. The summed E-state index contributed by atoms with van der Waals surface area (Å²) in [6.07, 6.45) is 4.44. The van der Waals surface area contributed by atoms with Gasteiger partial charge in [-0.15, -0.1) is 0 Å². The number of rotatable bonds is 5. The van der Waals surface area contributed by atoms with Crippen molar-refractivity contribution in [3.8, 4) is 0 Å². The Labute approximate surface area is 126 Å². The molecule has 1 N–H and O–H groups in total. The van der Waals surface area contributed by atoms with E-state index < -0.39 is 0 Å². The molecule has 1 heterocycles. The zero-order valence-corrected chi connectivity index (χ0v) is 12.8. The summed E-state index contributed by atoms with van der Waals surface area (Å²) in [5.74, 6) is 0. The molecule has 5 heteroatoms. The lowest BCUT2D eigenvalue weighted by atomic mass is 10.2. The number of aromatic nitrogens is 2. The molecule has 19 heavy (non-hydrogen) atoms. The van der Waals surface area contributed by atoms with E-state index in [9.17, 15) is 0 Å². The maximum absolute atomic E-state index is 6.25. The molecule has 100 valence electrons. The summed E-state index contributed by atoms with van der Waals surface area (Å²) in [6.45, 7) is 1.58. The lowest BCUT2D eigenvalue weighted by Gasteiger charge is -2.10. The van der Waals surface area contributed by atoms with Crippen LogP contribution in [0.15, 0.2) is 34.9 Å². The van der Waals surface area contributed by atoms with Crippen LogP contribution in [-0.2, 0) is 13.1 Å². The van der Waals surface area contributed by atoms with Gasteiger partial charge in [0.2, 0.25) is 0 Å². The van der Waals surface area contributed by atoms with Crippen LogP contribution in [0.25, 0.3) is 0 Å². The molecule has 0 unspecified atom stereocenters. The van der Waals surface area contributed by atoms with Crippen molar-refractivity contribution in [1.29, 1.82) is 0 Å². The normalized spacial score (nSPS) is 14.8. The van der Waals surface area contributed by atoms with E-state index in [1.165, 1.54) is 18.5 Å². The second-order valence-electron chi connectivity index (χ2n) is 4.87. The summed E-state index contributed by atoms with van der Waals surface area (Å²) in [5.41, 5.74) is 2.28. The van der Waals surface area contributed by atoms with E-state index in [4.69, 9.17) is 11.6 Å². The van der Waals surface area contributed by atoms with Crippen LogP contribution in [0.5, 0.6) is 0 Å². The highest BCUT2D eigenvalue weighted by molar-refractivity contribution is 9.10. The van der Waals surface area contributed by atoms with E-state index in [0.29, 0.717) is 12.6 Å². The van der Waals surface area contributed by atoms with Gasteiger partial charge in [0.05, 0.1) is 12.2 Å². The van der Waals surface area contributed by atoms with Crippen LogP contribution in [0, 0.1) is 0 Å². The molecule has 0 atom stereocenters. The van der Waals surface area contributed by atoms with Crippen molar-refractivity contribution in [3.63, 3.8) is 0 Å². The van der Waals surface area contributed by atoms with Crippen molar-refractivity contribution in [2.45, 2.75) is 32.0 Å². The summed E-state index contributed by atoms with van der Waals surface area (Å²) < 4.78 is 3.00. The first-order valence-corrected chi connectivity index (χ1v) is 7.57. The lowest BCUT2D eigenvalue weighted by Crippen LogP contribution is -2.19. The quantitative estimate of drug-likeness (QED) is 0.901. The molecule has 3 rings (SSSR count). The van der Waals surface area contributed by atoms with Gasteiger partial charge in [-0.1, -0.05) is 33.6 Å². The fourth-order valence-corrected chi connectivity index (χ4v) is 2.73. The van der Waals surface area contributed by atoms with Gasteiger partial charge in [0.15, 0.2) is 0 Å². The Morgan fingerprint density at radius 1 is 1.37 bits per heavy atom. The van der Waals surface area contributed by atoms with Crippen molar-refractivity contribution in [1.82, 2.24) is 15.1 Å². The number of hydrogen-bond acceptors (Lipinski definition) is 2. The van der Waals surface area contributed by atoms with Crippen LogP contribution >= 0.6 is 27.5 Å². The summed E-state index contributed by atoms with van der Waals surface area (Å²) >= 11 is 9.67. The lowest BCUT2D eigenvalue weighted by molar-refractivity contribution is 0.593. The predicted molar refractivity (Wildman–Crippen MR) is 80.3 cm³/mol. The number of benzene rings is 1. The van der Waals surface area contributed by atoms with Crippen molar-refractivity contribution in [3.05, 3.63) is 51.2 Å². The molecule has 0 radical (unpaired) electrons. The maximum atomic E-state index is 6.25. The Hall–Kier alpha value is -0.840. The molecule has 0 amide bonds. The SMILES string of the molecule is Clc1cc(Br)ccc1Cn1nccc1CNC1CC1. The number of nitrogens with one attached hydrogen (secondary N) is 1.